The van der Waals surface area contributed by atoms with Crippen LogP contribution in [0.4, 0.5) is 5.13 Å². The van der Waals surface area contributed by atoms with Crippen molar-refractivity contribution in [2.45, 2.75) is 96.9 Å². The van der Waals surface area contributed by atoms with E-state index in [0.717, 1.165) is 42.0 Å². The first-order valence-electron chi connectivity index (χ1n) is 22.1. The highest BCUT2D eigenvalue weighted by Crippen LogP contribution is 2.35. The van der Waals surface area contributed by atoms with Crippen LogP contribution in [0.1, 0.15) is 96.5 Å². The second-order valence-corrected chi connectivity index (χ2v) is 17.3. The van der Waals surface area contributed by atoms with E-state index < -0.39 is 23.8 Å². The van der Waals surface area contributed by atoms with Crippen molar-refractivity contribution in [1.82, 2.24) is 4.98 Å². The first-order chi connectivity index (χ1) is 31.0. The SMILES string of the molecule is C=CC(=O)OCCCCCCOc1ccc(OC(=O)C2CCC(C(=O)Oc3ccc(OC(=O)C4CCC(C(=O)OC)CC4)c(/C=N/N(c4nc5ccccc5s4)C(C)C)c3)CC2)cc1. The van der Waals surface area contributed by atoms with E-state index in [9.17, 15) is 24.0 Å². The maximum Gasteiger partial charge on any atom is 0.330 e. The molecule has 2 aliphatic carbocycles. The van der Waals surface area contributed by atoms with Crippen LogP contribution in [0.5, 0.6) is 23.0 Å². The van der Waals surface area contributed by atoms with E-state index in [2.05, 4.69) is 6.58 Å². The van der Waals surface area contributed by atoms with E-state index in [1.54, 1.807) is 53.7 Å². The van der Waals surface area contributed by atoms with Gasteiger partial charge in [0.1, 0.15) is 23.0 Å². The van der Waals surface area contributed by atoms with Crippen molar-refractivity contribution in [3.8, 4) is 23.0 Å². The molecule has 0 atom stereocenters. The molecule has 3 aromatic carbocycles. The summed E-state index contributed by atoms with van der Waals surface area (Å²) in [6.45, 7) is 8.30. The molecule has 15 heteroatoms. The number of fused-ring (bicyclic) bond motifs is 1. The predicted octanol–water partition coefficient (Wildman–Crippen LogP) is 9.42. The Morgan fingerprint density at radius 2 is 1.27 bits per heavy atom. The number of carbonyl (C=O) groups is 5. The lowest BCUT2D eigenvalue weighted by Gasteiger charge is -2.26. The highest BCUT2D eigenvalue weighted by Gasteiger charge is 2.34. The number of para-hydroxylation sites is 1. The molecule has 0 unspecified atom stereocenters. The molecule has 0 radical (unpaired) electrons. The Bertz CT molecular complexity index is 2220. The van der Waals surface area contributed by atoms with Crippen LogP contribution >= 0.6 is 11.3 Å². The van der Waals surface area contributed by atoms with Crippen molar-refractivity contribution in [2.75, 3.05) is 25.3 Å². The number of esters is 5. The molecule has 2 fully saturated rings. The van der Waals surface area contributed by atoms with Gasteiger partial charge in [-0.05, 0) is 145 Å². The predicted molar refractivity (Wildman–Crippen MR) is 243 cm³/mol. The van der Waals surface area contributed by atoms with Crippen LogP contribution in [0.2, 0.25) is 0 Å². The van der Waals surface area contributed by atoms with E-state index in [-0.39, 0.29) is 47.2 Å². The minimum absolute atomic E-state index is 0.0664. The van der Waals surface area contributed by atoms with Crippen LogP contribution in [0.3, 0.4) is 0 Å². The Kier molecular flexibility index (Phi) is 17.4. The zero-order valence-corrected chi connectivity index (χ0v) is 37.6. The highest BCUT2D eigenvalue weighted by atomic mass is 32.1. The van der Waals surface area contributed by atoms with Crippen molar-refractivity contribution in [3.63, 3.8) is 0 Å². The van der Waals surface area contributed by atoms with Gasteiger partial charge in [-0.15, -0.1) is 0 Å². The number of hydrogen-bond acceptors (Lipinski definition) is 15. The number of aromatic nitrogens is 1. The number of benzene rings is 3. The van der Waals surface area contributed by atoms with Gasteiger partial charge < -0.3 is 28.4 Å². The minimum atomic E-state index is -0.416. The number of hydrogen-bond donors (Lipinski definition) is 0. The smallest absolute Gasteiger partial charge is 0.330 e. The van der Waals surface area contributed by atoms with Crippen molar-refractivity contribution < 1.29 is 52.4 Å². The van der Waals surface area contributed by atoms with Crippen LogP contribution in [0.15, 0.2) is 84.5 Å². The number of thiazole rings is 1. The van der Waals surface area contributed by atoms with Gasteiger partial charge in [0.2, 0.25) is 5.13 Å². The molecular weight excluding hydrogens is 839 g/mol. The maximum absolute atomic E-state index is 13.5. The summed E-state index contributed by atoms with van der Waals surface area (Å²) in [7, 11) is 1.37. The number of nitrogens with zero attached hydrogens (tertiary/aromatic N) is 3. The molecule has 14 nitrogen and oxygen atoms in total. The number of unbranched alkanes of at least 4 members (excludes halogenated alkanes) is 3. The molecule has 4 aromatic rings. The molecule has 0 bridgehead atoms. The number of hydrazone groups is 1. The zero-order chi connectivity index (χ0) is 45.4. The molecule has 2 aliphatic rings. The van der Waals surface area contributed by atoms with Crippen LogP contribution < -0.4 is 24.0 Å². The van der Waals surface area contributed by atoms with Crippen molar-refractivity contribution in [1.29, 1.82) is 0 Å². The summed E-state index contributed by atoms with van der Waals surface area (Å²) in [6, 6.07) is 19.5. The van der Waals surface area contributed by atoms with Gasteiger partial charge in [0.05, 0.1) is 60.4 Å². The molecule has 2 saturated carbocycles. The summed E-state index contributed by atoms with van der Waals surface area (Å²) in [6.07, 6.45) is 10.2. The third kappa shape index (κ3) is 13.5. The van der Waals surface area contributed by atoms with Crippen molar-refractivity contribution in [2.24, 2.45) is 28.8 Å². The van der Waals surface area contributed by atoms with E-state index in [1.165, 1.54) is 18.4 Å². The normalized spacial score (nSPS) is 18.6. The number of rotatable bonds is 20. The van der Waals surface area contributed by atoms with Gasteiger partial charge in [-0.2, -0.15) is 5.10 Å². The third-order valence-corrected chi connectivity index (χ3v) is 12.5. The Labute approximate surface area is 377 Å². The van der Waals surface area contributed by atoms with Gasteiger partial charge in [0.25, 0.3) is 0 Å². The van der Waals surface area contributed by atoms with Crippen LogP contribution in [0, 0.1) is 23.7 Å². The van der Waals surface area contributed by atoms with Crippen molar-refractivity contribution in [3.05, 3.63) is 84.9 Å². The zero-order valence-electron chi connectivity index (χ0n) is 36.7. The molecule has 0 amide bonds. The van der Waals surface area contributed by atoms with Crippen LogP contribution in [-0.4, -0.2) is 67.4 Å². The number of carbonyl (C=O) groups excluding carboxylic acids is 5. The lowest BCUT2D eigenvalue weighted by Crippen LogP contribution is -2.30. The molecule has 0 N–H and O–H groups in total. The Hall–Kier alpha value is -6.09. The van der Waals surface area contributed by atoms with Crippen molar-refractivity contribution >= 4 is 62.7 Å². The van der Waals surface area contributed by atoms with Gasteiger partial charge >= 0.3 is 29.8 Å². The van der Waals surface area contributed by atoms with Gasteiger partial charge in [0, 0.05) is 17.7 Å². The summed E-state index contributed by atoms with van der Waals surface area (Å²) < 4.78 is 34.3. The van der Waals surface area contributed by atoms with Gasteiger partial charge in [0.15, 0.2) is 0 Å². The molecule has 64 heavy (non-hydrogen) atoms. The molecule has 1 aromatic heterocycles. The largest absolute Gasteiger partial charge is 0.494 e. The number of anilines is 1. The second-order valence-electron chi connectivity index (χ2n) is 16.3. The van der Waals surface area contributed by atoms with E-state index in [1.807, 2.05) is 38.1 Å². The lowest BCUT2D eigenvalue weighted by molar-refractivity contribution is -0.149. The van der Waals surface area contributed by atoms with E-state index >= 15 is 0 Å². The molecular formula is C49H57N3O11S. The summed E-state index contributed by atoms with van der Waals surface area (Å²) in [5.41, 5.74) is 1.29. The second kappa shape index (κ2) is 23.6. The highest BCUT2D eigenvalue weighted by molar-refractivity contribution is 7.22. The van der Waals surface area contributed by atoms with Gasteiger partial charge in [-0.3, -0.25) is 19.2 Å². The fourth-order valence-corrected chi connectivity index (χ4v) is 8.80. The Balaban J connectivity index is 1.02. The van der Waals surface area contributed by atoms with Gasteiger partial charge in [-0.1, -0.05) is 30.0 Å². The van der Waals surface area contributed by atoms with Gasteiger partial charge in [-0.25, -0.2) is 14.8 Å². The molecule has 6 rings (SSSR count). The molecule has 0 aliphatic heterocycles. The monoisotopic (exact) mass is 895 g/mol. The molecule has 1 heterocycles. The molecule has 340 valence electrons. The lowest BCUT2D eigenvalue weighted by atomic mass is 9.82. The van der Waals surface area contributed by atoms with Crippen LogP contribution in [-0.2, 0) is 33.4 Å². The average Bonchev–Trinajstić information content (AvgIpc) is 3.74. The number of methoxy groups -OCH3 is 1. The first kappa shape index (κ1) is 47.4. The fourth-order valence-electron chi connectivity index (χ4n) is 7.74. The third-order valence-electron chi connectivity index (χ3n) is 11.4. The van der Waals surface area contributed by atoms with E-state index in [0.29, 0.717) is 86.8 Å². The minimum Gasteiger partial charge on any atom is -0.494 e. The molecule has 0 saturated heterocycles. The Morgan fingerprint density at radius 3 is 1.86 bits per heavy atom. The Morgan fingerprint density at radius 1 is 0.719 bits per heavy atom. The van der Waals surface area contributed by atoms with Crippen LogP contribution in [0.25, 0.3) is 10.2 Å². The maximum atomic E-state index is 13.5. The quantitative estimate of drug-likeness (QED) is 0.0206. The summed E-state index contributed by atoms with van der Waals surface area (Å²) in [5, 5.41) is 7.27. The topological polar surface area (TPSA) is 169 Å². The number of ether oxygens (including phenoxy) is 6. The molecule has 0 spiro atoms. The summed E-state index contributed by atoms with van der Waals surface area (Å²) in [5.74, 6) is -1.60. The van der Waals surface area contributed by atoms with E-state index in [4.69, 9.17) is 38.5 Å². The standard InChI is InChI=1S/C49H57N3O11S/c1-5-44(53)60-29-11-7-6-10-28-59-38-22-24-39(25-23-38)61-46(55)34-18-20-35(21-19-34)47(56)62-40-26-27-42(63-48(57)36-16-14-33(15-17-36)45(54)58-4)37(30-40)31-50-52(32(2)3)49-51-41-12-8-9-13-43(41)64-49/h5,8-9,12-13,22-27,30-36H,1,6-7,10-11,14-21,28-29H2,2-4H3/b50-31+. The first-order valence-corrected chi connectivity index (χ1v) is 22.9. The fraction of sp³-hybridized carbons (Fsp3) is 0.449. The summed E-state index contributed by atoms with van der Waals surface area (Å²) >= 11 is 1.51. The summed E-state index contributed by atoms with van der Waals surface area (Å²) in [4.78, 5) is 68.0. The average molecular weight is 896 g/mol.